The van der Waals surface area contributed by atoms with Crippen LogP contribution in [0.2, 0.25) is 0 Å². The summed E-state index contributed by atoms with van der Waals surface area (Å²) in [7, 11) is 0. The standard InChI is InChI=1S/C10H5F3O3/c11-10(12,13)9(16)7-3-1-2-6(4-14)8(7)5-15/h1-5H. The lowest BCUT2D eigenvalue weighted by Gasteiger charge is -2.08. The molecule has 0 heterocycles. The van der Waals surface area contributed by atoms with Gasteiger partial charge in [-0.2, -0.15) is 13.2 Å². The predicted octanol–water partition coefficient (Wildman–Crippen LogP) is 2.06. The molecule has 1 aromatic carbocycles. The summed E-state index contributed by atoms with van der Waals surface area (Å²) < 4.78 is 36.4. The minimum Gasteiger partial charge on any atom is -0.298 e. The molecule has 0 radical (unpaired) electrons. The van der Waals surface area contributed by atoms with Gasteiger partial charge in [-0.1, -0.05) is 18.2 Å². The summed E-state index contributed by atoms with van der Waals surface area (Å²) in [6.07, 6.45) is -4.79. The summed E-state index contributed by atoms with van der Waals surface area (Å²) in [5.74, 6) is -2.14. The van der Waals surface area contributed by atoms with E-state index in [2.05, 4.69) is 0 Å². The first kappa shape index (κ1) is 12.1. The molecule has 0 saturated heterocycles. The molecule has 0 amide bonds. The van der Waals surface area contributed by atoms with Gasteiger partial charge >= 0.3 is 6.18 Å². The van der Waals surface area contributed by atoms with E-state index in [1.165, 1.54) is 0 Å². The SMILES string of the molecule is O=Cc1cccc(C(=O)C(F)(F)F)c1C=O. The van der Waals surface area contributed by atoms with Crippen LogP contribution in [0.4, 0.5) is 13.2 Å². The predicted molar refractivity (Wildman–Crippen MR) is 47.6 cm³/mol. The molecule has 0 aliphatic heterocycles. The number of benzene rings is 1. The van der Waals surface area contributed by atoms with Crippen molar-refractivity contribution in [2.75, 3.05) is 0 Å². The van der Waals surface area contributed by atoms with Crippen molar-refractivity contribution in [3.63, 3.8) is 0 Å². The molecule has 0 aliphatic carbocycles. The van der Waals surface area contributed by atoms with E-state index >= 15 is 0 Å². The summed E-state index contributed by atoms with van der Waals surface area (Å²) in [6, 6.07) is 3.12. The summed E-state index contributed by atoms with van der Waals surface area (Å²) in [4.78, 5) is 31.9. The van der Waals surface area contributed by atoms with Gasteiger partial charge in [0.15, 0.2) is 12.6 Å². The Morgan fingerprint density at radius 2 is 1.75 bits per heavy atom. The van der Waals surface area contributed by atoms with Gasteiger partial charge in [0.25, 0.3) is 5.78 Å². The van der Waals surface area contributed by atoms with Crippen molar-refractivity contribution >= 4 is 18.4 Å². The zero-order valence-corrected chi connectivity index (χ0v) is 7.75. The summed E-state index contributed by atoms with van der Waals surface area (Å²) in [6.45, 7) is 0. The number of Topliss-reactive ketones (excluding diaryl/α,β-unsaturated/α-hetero) is 1. The molecule has 6 heteroatoms. The molecular formula is C10H5F3O3. The van der Waals surface area contributed by atoms with E-state index < -0.39 is 23.1 Å². The van der Waals surface area contributed by atoms with Crippen molar-refractivity contribution < 1.29 is 27.6 Å². The van der Waals surface area contributed by atoms with Gasteiger partial charge in [-0.25, -0.2) is 0 Å². The third kappa shape index (κ3) is 2.16. The Bertz CT molecular complexity index is 449. The Kier molecular flexibility index (Phi) is 3.22. The number of aldehydes is 2. The lowest BCUT2D eigenvalue weighted by Crippen LogP contribution is -2.24. The Hall–Kier alpha value is -1.98. The van der Waals surface area contributed by atoms with E-state index in [0.717, 1.165) is 18.2 Å². The van der Waals surface area contributed by atoms with Crippen LogP contribution in [0.5, 0.6) is 0 Å². The maximum absolute atomic E-state index is 12.1. The third-order valence-corrected chi connectivity index (χ3v) is 1.89. The Balaban J connectivity index is 3.40. The van der Waals surface area contributed by atoms with E-state index in [4.69, 9.17) is 0 Å². The molecule has 0 atom stereocenters. The molecule has 1 aromatic rings. The zero-order chi connectivity index (χ0) is 12.3. The molecule has 0 aromatic heterocycles. The second-order valence-electron chi connectivity index (χ2n) is 2.87. The van der Waals surface area contributed by atoms with Crippen LogP contribution in [0, 0.1) is 0 Å². The molecule has 0 saturated carbocycles. The van der Waals surface area contributed by atoms with Crippen LogP contribution in [0.1, 0.15) is 31.1 Å². The van der Waals surface area contributed by atoms with E-state index in [1.807, 2.05) is 0 Å². The topological polar surface area (TPSA) is 51.2 Å². The van der Waals surface area contributed by atoms with Crippen molar-refractivity contribution in [1.82, 2.24) is 0 Å². The molecule has 0 aliphatic rings. The van der Waals surface area contributed by atoms with Crippen molar-refractivity contribution in [3.05, 3.63) is 34.9 Å². The van der Waals surface area contributed by atoms with E-state index in [-0.39, 0.29) is 18.1 Å². The van der Waals surface area contributed by atoms with Gasteiger partial charge in [0, 0.05) is 16.7 Å². The first-order valence-corrected chi connectivity index (χ1v) is 4.06. The summed E-state index contributed by atoms with van der Waals surface area (Å²) >= 11 is 0. The fourth-order valence-corrected chi connectivity index (χ4v) is 1.17. The van der Waals surface area contributed by atoms with Gasteiger partial charge in [-0.05, 0) is 0 Å². The molecule has 0 spiro atoms. The van der Waals surface area contributed by atoms with Gasteiger partial charge in [-0.3, -0.25) is 14.4 Å². The second kappa shape index (κ2) is 4.26. The fourth-order valence-electron chi connectivity index (χ4n) is 1.17. The quantitative estimate of drug-likeness (QED) is 0.589. The smallest absolute Gasteiger partial charge is 0.298 e. The third-order valence-electron chi connectivity index (χ3n) is 1.89. The highest BCUT2D eigenvalue weighted by Crippen LogP contribution is 2.24. The summed E-state index contributed by atoms with van der Waals surface area (Å²) in [5, 5.41) is 0. The number of halogens is 3. The van der Waals surface area contributed by atoms with Crippen LogP contribution >= 0.6 is 0 Å². The number of hydrogen-bond donors (Lipinski definition) is 0. The van der Waals surface area contributed by atoms with Crippen molar-refractivity contribution in [1.29, 1.82) is 0 Å². The average molecular weight is 230 g/mol. The highest BCUT2D eigenvalue weighted by atomic mass is 19.4. The molecule has 0 bridgehead atoms. The number of alkyl halides is 3. The van der Waals surface area contributed by atoms with Gasteiger partial charge in [-0.15, -0.1) is 0 Å². The molecule has 3 nitrogen and oxygen atoms in total. The van der Waals surface area contributed by atoms with Crippen LogP contribution in [0.15, 0.2) is 18.2 Å². The summed E-state index contributed by atoms with van der Waals surface area (Å²) in [5.41, 5.74) is -1.60. The molecule has 0 N–H and O–H groups in total. The van der Waals surface area contributed by atoms with Crippen LogP contribution in [0.25, 0.3) is 0 Å². The van der Waals surface area contributed by atoms with Gasteiger partial charge in [0.2, 0.25) is 0 Å². The van der Waals surface area contributed by atoms with Gasteiger partial charge in [0.05, 0.1) is 0 Å². The first-order valence-electron chi connectivity index (χ1n) is 4.06. The fraction of sp³-hybridized carbons (Fsp3) is 0.100. The van der Waals surface area contributed by atoms with Crippen LogP contribution in [-0.4, -0.2) is 24.5 Å². The van der Waals surface area contributed by atoms with Gasteiger partial charge in [0.1, 0.15) is 0 Å². The molecule has 1 rings (SSSR count). The van der Waals surface area contributed by atoms with Gasteiger partial charge < -0.3 is 0 Å². The Morgan fingerprint density at radius 3 is 2.19 bits per heavy atom. The first-order chi connectivity index (χ1) is 7.41. The Labute approximate surface area is 87.9 Å². The van der Waals surface area contributed by atoms with E-state index in [0.29, 0.717) is 0 Å². The highest BCUT2D eigenvalue weighted by Gasteiger charge is 2.40. The zero-order valence-electron chi connectivity index (χ0n) is 7.75. The van der Waals surface area contributed by atoms with Crippen molar-refractivity contribution in [2.24, 2.45) is 0 Å². The molecule has 0 fully saturated rings. The molecule has 0 unspecified atom stereocenters. The maximum atomic E-state index is 12.1. The Morgan fingerprint density at radius 1 is 1.12 bits per heavy atom. The lowest BCUT2D eigenvalue weighted by molar-refractivity contribution is -0.0885. The second-order valence-corrected chi connectivity index (χ2v) is 2.87. The number of rotatable bonds is 3. The highest BCUT2D eigenvalue weighted by molar-refractivity contribution is 6.08. The van der Waals surface area contributed by atoms with Crippen molar-refractivity contribution in [2.45, 2.75) is 6.18 Å². The van der Waals surface area contributed by atoms with Crippen molar-refractivity contribution in [3.8, 4) is 0 Å². The van der Waals surface area contributed by atoms with E-state index in [1.54, 1.807) is 0 Å². The van der Waals surface area contributed by atoms with Crippen LogP contribution in [-0.2, 0) is 0 Å². The number of carbonyl (C=O) groups excluding carboxylic acids is 3. The number of ketones is 1. The van der Waals surface area contributed by atoms with E-state index in [9.17, 15) is 27.6 Å². The van der Waals surface area contributed by atoms with Crippen LogP contribution in [0.3, 0.4) is 0 Å². The normalized spacial score (nSPS) is 10.9. The average Bonchev–Trinajstić information content (AvgIpc) is 2.25. The minimum absolute atomic E-state index is 0.0582. The number of hydrogen-bond acceptors (Lipinski definition) is 3. The largest absolute Gasteiger partial charge is 0.454 e. The molecule has 84 valence electrons. The van der Waals surface area contributed by atoms with Crippen LogP contribution < -0.4 is 0 Å². The minimum atomic E-state index is -5.07. The number of carbonyl (C=O) groups is 3. The maximum Gasteiger partial charge on any atom is 0.454 e. The molecular weight excluding hydrogens is 225 g/mol. The lowest BCUT2D eigenvalue weighted by atomic mass is 9.99. The molecule has 16 heavy (non-hydrogen) atoms. The monoisotopic (exact) mass is 230 g/mol.